The van der Waals surface area contributed by atoms with Crippen molar-refractivity contribution >= 4 is 6.03 Å². The number of aromatic nitrogens is 4. The minimum absolute atomic E-state index is 0.0607. The molecule has 1 N–H and O–H groups in total. The second-order valence-electron chi connectivity index (χ2n) is 8.10. The summed E-state index contributed by atoms with van der Waals surface area (Å²) in [5, 5.41) is 12.0. The number of hydrogen-bond acceptors (Lipinski definition) is 4. The third-order valence-electron chi connectivity index (χ3n) is 6.18. The van der Waals surface area contributed by atoms with Crippen LogP contribution in [-0.4, -0.2) is 49.8 Å². The standard InChI is InChI=1S/C21H30N6O/c1-16(18-7-3-2-4-8-18)23-21(28)26-11-9-19-24-25-20(27(19)13-12-26)14-17-6-5-10-22-15-17/h5-6,10,15-16,18H,2-4,7-9,11-14H2,1H3,(H,23,28). The van der Waals surface area contributed by atoms with Crippen molar-refractivity contribution in [3.63, 3.8) is 0 Å². The summed E-state index contributed by atoms with van der Waals surface area (Å²) in [6.07, 6.45) is 11.5. The molecule has 3 heterocycles. The number of carbonyl (C=O) groups excluding carboxylic acids is 1. The van der Waals surface area contributed by atoms with Gasteiger partial charge < -0.3 is 14.8 Å². The maximum absolute atomic E-state index is 12.8. The molecular weight excluding hydrogens is 352 g/mol. The van der Waals surface area contributed by atoms with Crippen LogP contribution in [0.2, 0.25) is 0 Å². The number of nitrogens with one attached hydrogen (secondary N) is 1. The third-order valence-corrected chi connectivity index (χ3v) is 6.18. The molecule has 1 saturated carbocycles. The number of nitrogens with zero attached hydrogens (tertiary/aromatic N) is 5. The highest BCUT2D eigenvalue weighted by Gasteiger charge is 2.26. The monoisotopic (exact) mass is 382 g/mol. The average Bonchev–Trinajstić information content (AvgIpc) is 2.97. The van der Waals surface area contributed by atoms with Gasteiger partial charge in [-0.3, -0.25) is 4.98 Å². The fourth-order valence-corrected chi connectivity index (χ4v) is 4.44. The normalized spacial score (nSPS) is 19.0. The van der Waals surface area contributed by atoms with Crippen LogP contribution in [0.5, 0.6) is 0 Å². The van der Waals surface area contributed by atoms with Crippen molar-refractivity contribution < 1.29 is 4.79 Å². The SMILES string of the molecule is CC(NC(=O)N1CCc2nnc(Cc3cccnc3)n2CC1)C1CCCCC1. The summed E-state index contributed by atoms with van der Waals surface area (Å²) in [6, 6.07) is 4.30. The van der Waals surface area contributed by atoms with Crippen LogP contribution in [-0.2, 0) is 19.4 Å². The summed E-state index contributed by atoms with van der Waals surface area (Å²) in [6.45, 7) is 4.28. The molecule has 7 nitrogen and oxygen atoms in total. The Balaban J connectivity index is 1.36. The molecule has 0 spiro atoms. The van der Waals surface area contributed by atoms with Gasteiger partial charge in [0.15, 0.2) is 0 Å². The number of hydrogen-bond donors (Lipinski definition) is 1. The predicted molar refractivity (Wildman–Crippen MR) is 107 cm³/mol. The maximum Gasteiger partial charge on any atom is 0.317 e. The Bertz CT molecular complexity index is 783. The molecule has 2 aromatic heterocycles. The highest BCUT2D eigenvalue weighted by atomic mass is 16.2. The average molecular weight is 383 g/mol. The van der Waals surface area contributed by atoms with E-state index in [1.165, 1.54) is 32.1 Å². The second-order valence-corrected chi connectivity index (χ2v) is 8.10. The number of carbonyl (C=O) groups is 1. The fourth-order valence-electron chi connectivity index (χ4n) is 4.44. The smallest absolute Gasteiger partial charge is 0.317 e. The molecule has 2 aromatic rings. The summed E-state index contributed by atoms with van der Waals surface area (Å²) < 4.78 is 2.17. The lowest BCUT2D eigenvalue weighted by atomic mass is 9.84. The zero-order chi connectivity index (χ0) is 19.3. The fraction of sp³-hybridized carbons (Fsp3) is 0.619. The molecule has 0 aromatic carbocycles. The van der Waals surface area contributed by atoms with Gasteiger partial charge in [-0.15, -0.1) is 10.2 Å². The number of rotatable bonds is 4. The Hall–Kier alpha value is -2.44. The van der Waals surface area contributed by atoms with E-state index in [0.717, 1.165) is 30.2 Å². The maximum atomic E-state index is 12.8. The Morgan fingerprint density at radius 1 is 1.21 bits per heavy atom. The Kier molecular flexibility index (Phi) is 5.88. The van der Waals surface area contributed by atoms with E-state index in [1.54, 1.807) is 6.20 Å². The molecule has 7 heteroatoms. The van der Waals surface area contributed by atoms with Gasteiger partial charge in [0.2, 0.25) is 0 Å². The van der Waals surface area contributed by atoms with Crippen molar-refractivity contribution in [1.82, 2.24) is 30.0 Å². The molecular formula is C21H30N6O. The molecule has 0 radical (unpaired) electrons. The van der Waals surface area contributed by atoms with Crippen LogP contribution in [0.15, 0.2) is 24.5 Å². The van der Waals surface area contributed by atoms with Crippen molar-refractivity contribution in [2.24, 2.45) is 5.92 Å². The number of urea groups is 1. The Morgan fingerprint density at radius 3 is 2.86 bits per heavy atom. The van der Waals surface area contributed by atoms with Crippen LogP contribution in [0.25, 0.3) is 0 Å². The first-order chi connectivity index (χ1) is 13.7. The van der Waals surface area contributed by atoms with E-state index in [2.05, 4.69) is 38.1 Å². The van der Waals surface area contributed by atoms with Crippen molar-refractivity contribution in [1.29, 1.82) is 0 Å². The van der Waals surface area contributed by atoms with Gasteiger partial charge in [0.25, 0.3) is 0 Å². The lowest BCUT2D eigenvalue weighted by Gasteiger charge is -2.30. The van der Waals surface area contributed by atoms with Crippen LogP contribution >= 0.6 is 0 Å². The van der Waals surface area contributed by atoms with Gasteiger partial charge in [-0.1, -0.05) is 25.3 Å². The van der Waals surface area contributed by atoms with Gasteiger partial charge in [0.1, 0.15) is 11.6 Å². The number of pyridine rings is 1. The third kappa shape index (κ3) is 4.34. The molecule has 150 valence electrons. The largest absolute Gasteiger partial charge is 0.335 e. The number of fused-ring (bicyclic) bond motifs is 1. The molecule has 0 saturated heterocycles. The van der Waals surface area contributed by atoms with E-state index in [0.29, 0.717) is 25.4 Å². The molecule has 2 amide bonds. The first-order valence-electron chi connectivity index (χ1n) is 10.6. The van der Waals surface area contributed by atoms with Crippen LogP contribution in [0.1, 0.15) is 56.2 Å². The molecule has 0 bridgehead atoms. The summed E-state index contributed by atoms with van der Waals surface area (Å²) in [5.74, 6) is 2.53. The van der Waals surface area contributed by atoms with Crippen molar-refractivity contribution in [3.05, 3.63) is 41.7 Å². The van der Waals surface area contributed by atoms with E-state index in [9.17, 15) is 4.79 Å². The highest BCUT2D eigenvalue weighted by molar-refractivity contribution is 5.74. The van der Waals surface area contributed by atoms with Crippen LogP contribution in [0, 0.1) is 5.92 Å². The van der Waals surface area contributed by atoms with Crippen LogP contribution < -0.4 is 5.32 Å². The second kappa shape index (κ2) is 8.71. The van der Waals surface area contributed by atoms with Crippen molar-refractivity contribution in [2.75, 3.05) is 13.1 Å². The lowest BCUT2D eigenvalue weighted by Crippen LogP contribution is -2.47. The van der Waals surface area contributed by atoms with E-state index in [-0.39, 0.29) is 12.1 Å². The number of amides is 2. The molecule has 2 aliphatic rings. The summed E-state index contributed by atoms with van der Waals surface area (Å²) in [7, 11) is 0. The zero-order valence-electron chi connectivity index (χ0n) is 16.7. The van der Waals surface area contributed by atoms with Gasteiger partial charge in [-0.05, 0) is 37.3 Å². The van der Waals surface area contributed by atoms with Gasteiger partial charge in [0, 0.05) is 50.9 Å². The van der Waals surface area contributed by atoms with Gasteiger partial charge in [-0.25, -0.2) is 4.79 Å². The summed E-state index contributed by atoms with van der Waals surface area (Å²) in [4.78, 5) is 18.9. The van der Waals surface area contributed by atoms with E-state index >= 15 is 0 Å². The topological polar surface area (TPSA) is 75.9 Å². The quantitative estimate of drug-likeness (QED) is 0.882. The Labute approximate surface area is 166 Å². The lowest BCUT2D eigenvalue weighted by molar-refractivity contribution is 0.186. The predicted octanol–water partition coefficient (Wildman–Crippen LogP) is 2.80. The van der Waals surface area contributed by atoms with Crippen molar-refractivity contribution in [2.45, 2.75) is 64.5 Å². The molecule has 1 unspecified atom stereocenters. The molecule has 1 aliphatic heterocycles. The zero-order valence-corrected chi connectivity index (χ0v) is 16.7. The first kappa shape index (κ1) is 18.9. The molecule has 1 atom stereocenters. The minimum Gasteiger partial charge on any atom is -0.335 e. The van der Waals surface area contributed by atoms with Gasteiger partial charge in [-0.2, -0.15) is 0 Å². The van der Waals surface area contributed by atoms with Gasteiger partial charge in [0.05, 0.1) is 0 Å². The molecule has 28 heavy (non-hydrogen) atoms. The first-order valence-corrected chi connectivity index (χ1v) is 10.6. The summed E-state index contributed by atoms with van der Waals surface area (Å²) in [5.41, 5.74) is 1.12. The summed E-state index contributed by atoms with van der Waals surface area (Å²) >= 11 is 0. The van der Waals surface area contributed by atoms with Crippen molar-refractivity contribution in [3.8, 4) is 0 Å². The van der Waals surface area contributed by atoms with E-state index in [4.69, 9.17) is 0 Å². The minimum atomic E-state index is 0.0607. The molecule has 1 aliphatic carbocycles. The Morgan fingerprint density at radius 2 is 2.07 bits per heavy atom. The van der Waals surface area contributed by atoms with E-state index in [1.807, 2.05) is 17.2 Å². The van der Waals surface area contributed by atoms with Crippen LogP contribution in [0.4, 0.5) is 4.79 Å². The highest BCUT2D eigenvalue weighted by Crippen LogP contribution is 2.26. The molecule has 1 fully saturated rings. The molecule has 4 rings (SSSR count). The van der Waals surface area contributed by atoms with Crippen LogP contribution in [0.3, 0.4) is 0 Å². The van der Waals surface area contributed by atoms with E-state index < -0.39 is 0 Å². The van der Waals surface area contributed by atoms with Gasteiger partial charge >= 0.3 is 6.03 Å².